The number of aliphatic hydroxyl groups excluding tert-OH is 1. The van der Waals surface area contributed by atoms with Gasteiger partial charge < -0.3 is 5.11 Å². The van der Waals surface area contributed by atoms with E-state index in [0.29, 0.717) is 28.3 Å². The molecule has 0 saturated heterocycles. The van der Waals surface area contributed by atoms with E-state index in [1.54, 1.807) is 67.2 Å². The summed E-state index contributed by atoms with van der Waals surface area (Å²) in [6, 6.07) is 17.5. The molecular formula is C31H24N4O4S. The highest BCUT2D eigenvalue weighted by Crippen LogP contribution is 2.38. The molecule has 6 rings (SSSR count). The summed E-state index contributed by atoms with van der Waals surface area (Å²) in [4.78, 5) is 40.5. The molecule has 8 nitrogen and oxygen atoms in total. The Labute approximate surface area is 234 Å². The molecule has 3 aliphatic rings. The number of nitrogens with zero attached hydrogens (tertiary/aromatic N) is 3. The van der Waals surface area contributed by atoms with Crippen LogP contribution in [0, 0.1) is 12.8 Å². The Morgan fingerprint density at radius 2 is 1.75 bits per heavy atom. The lowest BCUT2D eigenvalue weighted by molar-refractivity contribution is 0.0691. The first-order valence-corrected chi connectivity index (χ1v) is 13.7. The van der Waals surface area contributed by atoms with E-state index >= 15 is 0 Å². The lowest BCUT2D eigenvalue weighted by Gasteiger charge is -2.16. The van der Waals surface area contributed by atoms with Crippen molar-refractivity contribution in [1.29, 1.82) is 0 Å². The number of nitrogens with one attached hydrogen (secondary N) is 1. The molecular weight excluding hydrogens is 524 g/mol. The molecule has 198 valence electrons. The van der Waals surface area contributed by atoms with Crippen LogP contribution in [-0.2, 0) is 0 Å². The number of para-hydroxylation sites is 1. The van der Waals surface area contributed by atoms with Crippen molar-refractivity contribution in [2.75, 3.05) is 11.2 Å². The topological polar surface area (TPSA) is 111 Å². The number of carbonyl (C=O) groups excluding carboxylic acids is 3. The van der Waals surface area contributed by atoms with Crippen LogP contribution in [0.5, 0.6) is 0 Å². The smallest absolute Gasteiger partial charge is 0.282 e. The molecule has 3 aromatic rings. The number of thioether (sulfide) groups is 1. The van der Waals surface area contributed by atoms with Crippen LogP contribution >= 0.6 is 11.8 Å². The van der Waals surface area contributed by atoms with Gasteiger partial charge in [-0.25, -0.2) is 0 Å². The number of hydrazine groups is 1. The number of aliphatic hydroxyl groups is 1. The van der Waals surface area contributed by atoms with E-state index in [0.717, 1.165) is 22.1 Å². The van der Waals surface area contributed by atoms with Crippen LogP contribution in [0.4, 0.5) is 11.4 Å². The number of Topliss-reactive ketones (excluding diaryl/α,β-unsaturated/α-hetero) is 1. The van der Waals surface area contributed by atoms with Gasteiger partial charge in [-0.15, -0.1) is 22.0 Å². The Hall–Kier alpha value is -4.76. The predicted octanol–water partition coefficient (Wildman–Crippen LogP) is 7.05. The number of amides is 2. The van der Waals surface area contributed by atoms with Crippen LogP contribution in [-0.4, -0.2) is 33.5 Å². The molecule has 3 aromatic carbocycles. The minimum Gasteiger partial charge on any atom is -0.505 e. The molecule has 1 aliphatic heterocycles. The maximum absolute atomic E-state index is 13.3. The van der Waals surface area contributed by atoms with Gasteiger partial charge in [-0.05, 0) is 61.2 Å². The van der Waals surface area contributed by atoms with Gasteiger partial charge in [-0.1, -0.05) is 48.6 Å². The van der Waals surface area contributed by atoms with E-state index in [4.69, 9.17) is 0 Å². The van der Waals surface area contributed by atoms with E-state index in [1.165, 1.54) is 0 Å². The van der Waals surface area contributed by atoms with Crippen molar-refractivity contribution in [2.45, 2.75) is 18.2 Å². The molecule has 1 unspecified atom stereocenters. The molecule has 0 spiro atoms. The Kier molecular flexibility index (Phi) is 6.65. The first kappa shape index (κ1) is 25.5. The van der Waals surface area contributed by atoms with E-state index in [9.17, 15) is 19.5 Å². The van der Waals surface area contributed by atoms with Crippen molar-refractivity contribution in [3.05, 3.63) is 118 Å². The fraction of sp³-hybridized carbons (Fsp3) is 0.129. The van der Waals surface area contributed by atoms with Crippen molar-refractivity contribution in [3.8, 4) is 0 Å². The molecule has 2 N–H and O–H groups in total. The molecule has 1 atom stereocenters. The quantitative estimate of drug-likeness (QED) is 0.186. The summed E-state index contributed by atoms with van der Waals surface area (Å²) >= 11 is 1.65. The van der Waals surface area contributed by atoms with E-state index in [1.807, 2.05) is 24.3 Å². The summed E-state index contributed by atoms with van der Waals surface area (Å²) in [5.74, 6) is -0.498. The number of rotatable bonds is 7. The summed E-state index contributed by atoms with van der Waals surface area (Å²) in [5.41, 5.74) is 5.00. The Bertz CT molecular complexity index is 1690. The molecule has 0 radical (unpaired) electrons. The average Bonchev–Trinajstić information content (AvgIpc) is 3.36. The second-order valence-corrected chi connectivity index (χ2v) is 10.7. The van der Waals surface area contributed by atoms with Gasteiger partial charge in [0.25, 0.3) is 11.8 Å². The van der Waals surface area contributed by atoms with Gasteiger partial charge in [-0.3, -0.25) is 19.8 Å². The number of hydrogen-bond acceptors (Lipinski definition) is 8. The van der Waals surface area contributed by atoms with Crippen LogP contribution in [0.1, 0.15) is 48.6 Å². The third-order valence-corrected chi connectivity index (χ3v) is 8.14. The standard InChI is InChI=1S/C31H24N4O4S/c1-18-12-14-23-25(31(39)35(30(23)38)34-20-10-6-3-7-11-20)26(18)32-33-27-28(36)22-15-13-21(16-24(22)29(27)37)40-17-19-8-4-2-5-9-19/h2-8,10-16,19,34,36H,9,17H2,1H3. The number of benzene rings is 3. The zero-order valence-electron chi connectivity index (χ0n) is 21.5. The minimum atomic E-state index is -0.578. The number of azo groups is 1. The van der Waals surface area contributed by atoms with Gasteiger partial charge in [0.05, 0.1) is 16.8 Å². The molecule has 2 amide bonds. The van der Waals surface area contributed by atoms with E-state index < -0.39 is 17.6 Å². The van der Waals surface area contributed by atoms with Crippen molar-refractivity contribution >= 4 is 46.5 Å². The Morgan fingerprint density at radius 1 is 0.950 bits per heavy atom. The first-order chi connectivity index (χ1) is 19.4. The number of allylic oxidation sites excluding steroid dienone is 5. The highest BCUT2D eigenvalue weighted by atomic mass is 32.2. The molecule has 0 fully saturated rings. The van der Waals surface area contributed by atoms with Crippen LogP contribution in [0.25, 0.3) is 5.76 Å². The summed E-state index contributed by atoms with van der Waals surface area (Å²) in [7, 11) is 0. The second-order valence-electron chi connectivity index (χ2n) is 9.63. The molecule has 0 aromatic heterocycles. The van der Waals surface area contributed by atoms with E-state index in [2.05, 4.69) is 27.8 Å². The number of ketones is 1. The fourth-order valence-corrected chi connectivity index (χ4v) is 5.83. The number of imide groups is 1. The normalized spacial score (nSPS) is 17.8. The fourth-order valence-electron chi connectivity index (χ4n) is 4.81. The predicted molar refractivity (Wildman–Crippen MR) is 154 cm³/mol. The summed E-state index contributed by atoms with van der Waals surface area (Å²) in [5, 5.41) is 20.1. The van der Waals surface area contributed by atoms with Crippen molar-refractivity contribution in [3.63, 3.8) is 0 Å². The van der Waals surface area contributed by atoms with Crippen LogP contribution in [0.3, 0.4) is 0 Å². The number of anilines is 1. The van der Waals surface area contributed by atoms with Crippen LogP contribution < -0.4 is 5.43 Å². The first-order valence-electron chi connectivity index (χ1n) is 12.8. The number of aryl methyl sites for hydroxylation is 1. The molecule has 2 aliphatic carbocycles. The highest BCUT2D eigenvalue weighted by molar-refractivity contribution is 7.99. The lowest BCUT2D eigenvalue weighted by Crippen LogP contribution is -2.35. The zero-order valence-corrected chi connectivity index (χ0v) is 22.3. The molecule has 0 bridgehead atoms. The van der Waals surface area contributed by atoms with Gasteiger partial charge in [0.2, 0.25) is 5.78 Å². The Balaban J connectivity index is 1.24. The molecule has 9 heteroatoms. The highest BCUT2D eigenvalue weighted by Gasteiger charge is 2.39. The molecule has 40 heavy (non-hydrogen) atoms. The summed E-state index contributed by atoms with van der Waals surface area (Å²) in [6.07, 6.45) is 9.38. The van der Waals surface area contributed by atoms with Crippen molar-refractivity contribution in [1.82, 2.24) is 5.01 Å². The van der Waals surface area contributed by atoms with Crippen molar-refractivity contribution in [2.24, 2.45) is 16.1 Å². The van der Waals surface area contributed by atoms with Gasteiger partial charge in [0.1, 0.15) is 5.69 Å². The summed E-state index contributed by atoms with van der Waals surface area (Å²) in [6.45, 7) is 1.74. The minimum absolute atomic E-state index is 0.0884. The number of hydrogen-bond donors (Lipinski definition) is 2. The van der Waals surface area contributed by atoms with E-state index in [-0.39, 0.29) is 28.3 Å². The van der Waals surface area contributed by atoms with Crippen molar-refractivity contribution < 1.29 is 19.5 Å². The summed E-state index contributed by atoms with van der Waals surface area (Å²) < 4.78 is 0. The lowest BCUT2D eigenvalue weighted by atomic mass is 10.0. The molecule has 1 heterocycles. The Morgan fingerprint density at radius 3 is 2.52 bits per heavy atom. The monoisotopic (exact) mass is 548 g/mol. The van der Waals surface area contributed by atoms with Gasteiger partial charge in [0, 0.05) is 21.8 Å². The molecule has 0 saturated carbocycles. The maximum Gasteiger partial charge on any atom is 0.282 e. The number of fused-ring (bicyclic) bond motifs is 2. The maximum atomic E-state index is 13.3. The van der Waals surface area contributed by atoms with Crippen LogP contribution in [0.15, 0.2) is 106 Å². The number of carbonyl (C=O) groups is 3. The largest absolute Gasteiger partial charge is 0.505 e. The average molecular weight is 549 g/mol. The van der Waals surface area contributed by atoms with Gasteiger partial charge in [0.15, 0.2) is 11.5 Å². The zero-order chi connectivity index (χ0) is 27.8. The second kappa shape index (κ2) is 10.4. The van der Waals surface area contributed by atoms with Gasteiger partial charge >= 0.3 is 0 Å². The third-order valence-electron chi connectivity index (χ3n) is 6.96. The van der Waals surface area contributed by atoms with Gasteiger partial charge in [-0.2, -0.15) is 5.01 Å². The van der Waals surface area contributed by atoms with Crippen LogP contribution in [0.2, 0.25) is 0 Å². The SMILES string of the molecule is Cc1ccc2c(c1N=NC1=C(O)c3ccc(SCC4C=CC=CC4)cc3C1=O)C(=O)N(Nc1ccccc1)C2=O. The third kappa shape index (κ3) is 4.54.